The number of nitrogens with one attached hydrogen (secondary N) is 2. The molecule has 0 aromatic carbocycles. The molecular weight excluding hydrogens is 705 g/mol. The maximum absolute atomic E-state index is 13.1. The molecule has 0 heterocycles. The number of carbonyl (C=O) groups is 3. The Morgan fingerprint density at radius 2 is 1.46 bits per heavy atom. The van der Waals surface area contributed by atoms with Crippen LogP contribution in [0.15, 0.2) is 36.0 Å². The Morgan fingerprint density at radius 1 is 0.857 bits per heavy atom. The maximum Gasteiger partial charge on any atom is 0.311 e. The van der Waals surface area contributed by atoms with Crippen molar-refractivity contribution < 1.29 is 34.1 Å². The van der Waals surface area contributed by atoms with Crippen molar-refractivity contribution in [2.75, 3.05) is 26.3 Å². The fourth-order valence-corrected chi connectivity index (χ4v) is 7.92. The molecule has 0 aromatic heterocycles. The largest absolute Gasteiger partial charge is 0.461 e. The minimum atomic E-state index is -0.956. The summed E-state index contributed by atoms with van der Waals surface area (Å²) in [5.74, 6) is 0.439. The first-order valence-electron chi connectivity index (χ1n) is 22.6. The predicted octanol–water partition coefficient (Wildman–Crippen LogP) is 9.31. The summed E-state index contributed by atoms with van der Waals surface area (Å²) in [4.78, 5) is 37.6. The van der Waals surface area contributed by atoms with E-state index in [9.17, 15) is 24.6 Å². The summed E-state index contributed by atoms with van der Waals surface area (Å²) in [7, 11) is 0. The van der Waals surface area contributed by atoms with Crippen LogP contribution in [0.1, 0.15) is 170 Å². The lowest BCUT2D eigenvalue weighted by molar-refractivity contribution is -0.164. The number of allylic oxidation sites excluding steroid dienone is 5. The standard InChI is InChI=1S/C47H82N2O7/c1-7-9-10-11-12-13-14-15-16-17-18-19-20-21-22-23-43(52)48-28-30-55-31-29-49-44(53)35-40(51)34-39(50)26-27-41-37(4)24-25-38-32-36(3)33-42(45(38)41)56-46(54)47(5,6)8-2/h15-16,24-25,32,36-37,39-42,45,50-51H,7-14,17-23,26-31,33-35H2,1-6H3,(H,48,52)(H,49,53)/b16-15-/t36-,37-,39-,40+,41-,42?,45?/m0/s1. The van der Waals surface area contributed by atoms with Crippen molar-refractivity contribution in [2.45, 2.75) is 188 Å². The first-order valence-corrected chi connectivity index (χ1v) is 22.6. The summed E-state index contributed by atoms with van der Waals surface area (Å²) in [5.41, 5.74) is 0.674. The van der Waals surface area contributed by atoms with E-state index in [-0.39, 0.29) is 54.5 Å². The average Bonchev–Trinajstić information content (AvgIpc) is 3.15. The molecule has 56 heavy (non-hydrogen) atoms. The van der Waals surface area contributed by atoms with Gasteiger partial charge >= 0.3 is 5.97 Å². The first kappa shape index (κ1) is 49.7. The van der Waals surface area contributed by atoms with Gasteiger partial charge in [0.2, 0.25) is 11.8 Å². The smallest absolute Gasteiger partial charge is 0.311 e. The number of hydrogen-bond acceptors (Lipinski definition) is 7. The zero-order valence-corrected chi connectivity index (χ0v) is 36.3. The van der Waals surface area contributed by atoms with Crippen LogP contribution in [0, 0.1) is 29.1 Å². The molecule has 322 valence electrons. The molecule has 4 N–H and O–H groups in total. The third-order valence-corrected chi connectivity index (χ3v) is 11.9. The third-order valence-electron chi connectivity index (χ3n) is 11.9. The maximum atomic E-state index is 13.1. The average molecular weight is 787 g/mol. The molecule has 0 aliphatic heterocycles. The van der Waals surface area contributed by atoms with Crippen molar-refractivity contribution in [2.24, 2.45) is 29.1 Å². The van der Waals surface area contributed by atoms with Crippen LogP contribution >= 0.6 is 0 Å². The van der Waals surface area contributed by atoms with E-state index in [0.717, 1.165) is 32.1 Å². The molecule has 9 nitrogen and oxygen atoms in total. The number of aliphatic hydroxyl groups excluding tert-OH is 2. The fourth-order valence-electron chi connectivity index (χ4n) is 7.92. The van der Waals surface area contributed by atoms with Crippen molar-refractivity contribution in [1.29, 1.82) is 0 Å². The molecule has 9 heteroatoms. The van der Waals surface area contributed by atoms with E-state index >= 15 is 0 Å². The molecule has 2 aliphatic rings. The van der Waals surface area contributed by atoms with E-state index in [2.05, 4.69) is 61.8 Å². The molecule has 2 rings (SSSR count). The van der Waals surface area contributed by atoms with Gasteiger partial charge in [-0.3, -0.25) is 14.4 Å². The molecule has 2 amide bonds. The number of ether oxygens (including phenoxy) is 2. The van der Waals surface area contributed by atoms with E-state index in [0.29, 0.717) is 51.5 Å². The van der Waals surface area contributed by atoms with Crippen LogP contribution in [0.25, 0.3) is 0 Å². The Kier molecular flexibility index (Phi) is 25.6. The van der Waals surface area contributed by atoms with Crippen molar-refractivity contribution in [3.63, 3.8) is 0 Å². The van der Waals surface area contributed by atoms with Crippen LogP contribution in [0.3, 0.4) is 0 Å². The highest BCUT2D eigenvalue weighted by Gasteiger charge is 2.43. The van der Waals surface area contributed by atoms with E-state index in [4.69, 9.17) is 9.47 Å². The number of esters is 1. The SMILES string of the molecule is CCCCCCCC/C=C\CCCCCCCC(=O)NCCOCCNC(=O)C[C@H](O)C[C@@H](O)CC[C@@H]1C2C(=C[C@H](C)CC2OC(=O)C(C)(C)CC)C=C[C@@H]1C. The second-order valence-electron chi connectivity index (χ2n) is 17.4. The van der Waals surface area contributed by atoms with E-state index in [1.54, 1.807) is 0 Å². The van der Waals surface area contributed by atoms with Crippen LogP contribution in [0.2, 0.25) is 0 Å². The highest BCUT2D eigenvalue weighted by Crippen LogP contribution is 2.45. The molecule has 0 fully saturated rings. The molecule has 0 spiro atoms. The summed E-state index contributed by atoms with van der Waals surface area (Å²) in [6.07, 6.45) is 28.8. The van der Waals surface area contributed by atoms with Crippen molar-refractivity contribution in [3.05, 3.63) is 36.0 Å². The van der Waals surface area contributed by atoms with Crippen molar-refractivity contribution in [1.82, 2.24) is 10.6 Å². The zero-order chi connectivity index (χ0) is 41.2. The van der Waals surface area contributed by atoms with Crippen LogP contribution in [0.4, 0.5) is 0 Å². The number of aliphatic hydroxyl groups is 2. The Hall–Kier alpha value is -2.49. The molecule has 0 saturated carbocycles. The minimum Gasteiger partial charge on any atom is -0.461 e. The monoisotopic (exact) mass is 787 g/mol. The van der Waals surface area contributed by atoms with Gasteiger partial charge in [-0.05, 0) is 101 Å². The molecule has 2 unspecified atom stereocenters. The van der Waals surface area contributed by atoms with Gasteiger partial charge in [-0.15, -0.1) is 0 Å². The van der Waals surface area contributed by atoms with Gasteiger partial charge in [-0.25, -0.2) is 0 Å². The fraction of sp³-hybridized carbons (Fsp3) is 0.809. The summed E-state index contributed by atoms with van der Waals surface area (Å²) in [6.45, 7) is 13.9. The quantitative estimate of drug-likeness (QED) is 0.0313. The van der Waals surface area contributed by atoms with E-state index in [1.165, 1.54) is 69.8 Å². The van der Waals surface area contributed by atoms with Gasteiger partial charge in [0, 0.05) is 25.4 Å². The topological polar surface area (TPSA) is 134 Å². The molecule has 2 aliphatic carbocycles. The van der Waals surface area contributed by atoms with Gasteiger partial charge in [0.15, 0.2) is 0 Å². The van der Waals surface area contributed by atoms with Gasteiger partial charge in [0.05, 0.1) is 37.3 Å². The Labute approximate surface area is 341 Å². The summed E-state index contributed by atoms with van der Waals surface area (Å²) >= 11 is 0. The second kappa shape index (κ2) is 28.8. The Balaban J connectivity index is 1.52. The van der Waals surface area contributed by atoms with Gasteiger partial charge in [0.1, 0.15) is 6.10 Å². The minimum absolute atomic E-state index is 0.0484. The van der Waals surface area contributed by atoms with Gasteiger partial charge in [-0.1, -0.05) is 109 Å². The highest BCUT2D eigenvalue weighted by molar-refractivity contribution is 5.77. The summed E-state index contributed by atoms with van der Waals surface area (Å²) in [6, 6.07) is 0. The van der Waals surface area contributed by atoms with Crippen LogP contribution in [-0.4, -0.2) is 72.6 Å². The molecule has 0 radical (unpaired) electrons. The number of carbonyl (C=O) groups excluding carboxylic acids is 3. The lowest BCUT2D eigenvalue weighted by Crippen LogP contribution is -2.43. The lowest BCUT2D eigenvalue weighted by Gasteiger charge is -2.44. The number of amides is 2. The number of fused-ring (bicyclic) bond motifs is 1. The Morgan fingerprint density at radius 3 is 2.11 bits per heavy atom. The lowest BCUT2D eigenvalue weighted by atomic mass is 9.65. The van der Waals surface area contributed by atoms with E-state index in [1.807, 2.05) is 20.8 Å². The predicted molar refractivity (Wildman–Crippen MR) is 228 cm³/mol. The molecule has 0 aromatic rings. The number of rotatable bonds is 31. The normalized spacial score (nSPS) is 22.0. The summed E-state index contributed by atoms with van der Waals surface area (Å²) in [5, 5.41) is 27.1. The van der Waals surface area contributed by atoms with Crippen LogP contribution in [0.5, 0.6) is 0 Å². The second-order valence-corrected chi connectivity index (χ2v) is 17.4. The Bertz CT molecular complexity index is 1200. The van der Waals surface area contributed by atoms with E-state index < -0.39 is 17.6 Å². The van der Waals surface area contributed by atoms with Gasteiger partial charge < -0.3 is 30.3 Å². The van der Waals surface area contributed by atoms with Crippen LogP contribution in [-0.2, 0) is 23.9 Å². The molecule has 0 bridgehead atoms. The molecular formula is C47H82N2O7. The highest BCUT2D eigenvalue weighted by atomic mass is 16.5. The number of unbranched alkanes of at least 4 members (excludes halogenated alkanes) is 11. The molecule has 0 saturated heterocycles. The number of hydrogen-bond donors (Lipinski definition) is 4. The first-order chi connectivity index (χ1) is 26.9. The van der Waals surface area contributed by atoms with Crippen molar-refractivity contribution >= 4 is 17.8 Å². The van der Waals surface area contributed by atoms with Crippen LogP contribution < -0.4 is 10.6 Å². The third kappa shape index (κ3) is 20.8. The summed E-state index contributed by atoms with van der Waals surface area (Å²) < 4.78 is 11.8. The van der Waals surface area contributed by atoms with Crippen molar-refractivity contribution in [3.8, 4) is 0 Å². The zero-order valence-electron chi connectivity index (χ0n) is 36.3. The molecule has 7 atom stereocenters. The van der Waals surface area contributed by atoms with Gasteiger partial charge in [0.25, 0.3) is 0 Å². The van der Waals surface area contributed by atoms with Gasteiger partial charge in [-0.2, -0.15) is 0 Å².